The van der Waals surface area contributed by atoms with Gasteiger partial charge in [0.05, 0.1) is 23.1 Å². The summed E-state index contributed by atoms with van der Waals surface area (Å²) >= 11 is 0. The average Bonchev–Trinajstić information content (AvgIpc) is 3.02. The van der Waals surface area contributed by atoms with Crippen molar-refractivity contribution in [3.63, 3.8) is 0 Å². The molecule has 4 heteroatoms. The van der Waals surface area contributed by atoms with Crippen LogP contribution in [0.4, 0.5) is 0 Å². The quantitative estimate of drug-likeness (QED) is 0.704. The van der Waals surface area contributed by atoms with Gasteiger partial charge in [-0.05, 0) is 43.4 Å². The number of nitrogens with zero attached hydrogens (tertiary/aromatic N) is 3. The topological polar surface area (TPSA) is 38.1 Å². The van der Waals surface area contributed by atoms with Crippen LogP contribution >= 0.6 is 0 Å². The minimum atomic E-state index is 0.114. The van der Waals surface area contributed by atoms with Crippen LogP contribution in [-0.4, -0.2) is 33.7 Å². The van der Waals surface area contributed by atoms with Crippen molar-refractivity contribution in [1.82, 2.24) is 14.7 Å². The summed E-state index contributed by atoms with van der Waals surface area (Å²) in [5.41, 5.74) is 4.39. The second-order valence-electron chi connectivity index (χ2n) is 8.07. The molecule has 2 heterocycles. The van der Waals surface area contributed by atoms with E-state index in [9.17, 15) is 4.79 Å². The molecule has 1 saturated heterocycles. The highest BCUT2D eigenvalue weighted by Crippen LogP contribution is 2.56. The number of carbonyl (C=O) groups is 1. The Balaban J connectivity index is 1.25. The number of aromatic nitrogens is 2. The highest BCUT2D eigenvalue weighted by molar-refractivity contribution is 5.95. The van der Waals surface area contributed by atoms with Crippen molar-refractivity contribution in [3.05, 3.63) is 83.7 Å². The van der Waals surface area contributed by atoms with E-state index in [1.165, 1.54) is 18.4 Å². The first-order valence-electron chi connectivity index (χ1n) is 9.60. The first-order valence-corrected chi connectivity index (χ1v) is 9.60. The van der Waals surface area contributed by atoms with Crippen molar-refractivity contribution in [3.8, 4) is 5.69 Å². The van der Waals surface area contributed by atoms with Crippen LogP contribution in [-0.2, 0) is 0 Å². The number of para-hydroxylation sites is 1. The van der Waals surface area contributed by atoms with E-state index in [0.29, 0.717) is 16.9 Å². The van der Waals surface area contributed by atoms with Crippen LogP contribution in [0, 0.1) is 12.3 Å². The molecule has 4 nitrogen and oxygen atoms in total. The van der Waals surface area contributed by atoms with Gasteiger partial charge in [-0.2, -0.15) is 5.10 Å². The summed E-state index contributed by atoms with van der Waals surface area (Å²) in [6.07, 6.45) is 4.11. The first-order chi connectivity index (χ1) is 13.2. The van der Waals surface area contributed by atoms with Crippen molar-refractivity contribution in [2.45, 2.75) is 25.7 Å². The summed E-state index contributed by atoms with van der Waals surface area (Å²) in [4.78, 5) is 14.9. The summed E-state index contributed by atoms with van der Waals surface area (Å²) in [6.45, 7) is 3.73. The van der Waals surface area contributed by atoms with Crippen LogP contribution in [0.5, 0.6) is 0 Å². The van der Waals surface area contributed by atoms with Gasteiger partial charge in [-0.3, -0.25) is 4.79 Å². The SMILES string of the molecule is Cc1c(C(=O)N2CC3(CC(c4ccccc4)C3)C2)cnn1-c1ccccc1. The van der Waals surface area contributed by atoms with Gasteiger partial charge in [-0.1, -0.05) is 48.5 Å². The number of amides is 1. The van der Waals surface area contributed by atoms with Gasteiger partial charge in [0, 0.05) is 18.5 Å². The molecule has 0 radical (unpaired) electrons. The number of carbonyl (C=O) groups excluding carboxylic acids is 1. The number of hydrogen-bond acceptors (Lipinski definition) is 2. The molecule has 27 heavy (non-hydrogen) atoms. The zero-order valence-corrected chi connectivity index (χ0v) is 15.5. The van der Waals surface area contributed by atoms with Gasteiger partial charge in [-0.15, -0.1) is 0 Å². The maximum absolute atomic E-state index is 12.9. The normalized spacial score (nSPS) is 18.2. The smallest absolute Gasteiger partial charge is 0.257 e. The van der Waals surface area contributed by atoms with Gasteiger partial charge in [0.25, 0.3) is 5.91 Å². The molecule has 1 aliphatic carbocycles. The molecule has 0 N–H and O–H groups in total. The van der Waals surface area contributed by atoms with E-state index in [1.54, 1.807) is 6.20 Å². The van der Waals surface area contributed by atoms with E-state index in [-0.39, 0.29) is 5.91 Å². The summed E-state index contributed by atoms with van der Waals surface area (Å²) in [7, 11) is 0. The Kier molecular flexibility index (Phi) is 3.67. The van der Waals surface area contributed by atoms with Gasteiger partial charge in [0.2, 0.25) is 0 Å². The lowest BCUT2D eigenvalue weighted by atomic mass is 9.56. The first kappa shape index (κ1) is 16.3. The van der Waals surface area contributed by atoms with Crippen molar-refractivity contribution >= 4 is 5.91 Å². The van der Waals surface area contributed by atoms with Crippen molar-refractivity contribution in [2.75, 3.05) is 13.1 Å². The average molecular weight is 357 g/mol. The zero-order chi connectivity index (χ0) is 18.4. The predicted molar refractivity (Wildman–Crippen MR) is 105 cm³/mol. The Morgan fingerprint density at radius 2 is 1.63 bits per heavy atom. The fourth-order valence-corrected chi connectivity index (χ4v) is 4.73. The van der Waals surface area contributed by atoms with Gasteiger partial charge < -0.3 is 4.90 Å². The van der Waals surface area contributed by atoms with E-state index < -0.39 is 0 Å². The molecule has 0 unspecified atom stereocenters. The number of rotatable bonds is 3. The molecule has 5 rings (SSSR count). The molecule has 1 saturated carbocycles. The van der Waals surface area contributed by atoms with E-state index in [4.69, 9.17) is 0 Å². The highest BCUT2D eigenvalue weighted by atomic mass is 16.2. The molecule has 0 atom stereocenters. The van der Waals surface area contributed by atoms with E-state index in [0.717, 1.165) is 24.5 Å². The molecule has 1 aromatic heterocycles. The van der Waals surface area contributed by atoms with Crippen LogP contribution in [0.15, 0.2) is 66.9 Å². The highest BCUT2D eigenvalue weighted by Gasteiger charge is 2.54. The second-order valence-corrected chi connectivity index (χ2v) is 8.07. The lowest BCUT2D eigenvalue weighted by molar-refractivity contribution is -0.0554. The van der Waals surface area contributed by atoms with E-state index >= 15 is 0 Å². The second kappa shape index (κ2) is 6.08. The predicted octanol–water partition coefficient (Wildman–Crippen LogP) is 4.20. The van der Waals surface area contributed by atoms with Crippen LogP contribution in [0.2, 0.25) is 0 Å². The Bertz CT molecular complexity index is 963. The minimum Gasteiger partial charge on any atom is -0.337 e. The molecule has 136 valence electrons. The Morgan fingerprint density at radius 1 is 1.00 bits per heavy atom. The van der Waals surface area contributed by atoms with E-state index in [2.05, 4.69) is 35.4 Å². The van der Waals surface area contributed by atoms with Crippen molar-refractivity contribution in [2.24, 2.45) is 5.41 Å². The standard InChI is InChI=1S/C23H23N3O/c1-17-21(14-24-26(17)20-10-6-3-7-11-20)22(27)25-15-23(16-25)12-19(13-23)18-8-4-2-5-9-18/h2-11,14,19H,12-13,15-16H2,1H3. The lowest BCUT2D eigenvalue weighted by Crippen LogP contribution is -2.63. The van der Waals surface area contributed by atoms with Gasteiger partial charge in [0.1, 0.15) is 0 Å². The Labute approximate surface area is 159 Å². The monoisotopic (exact) mass is 357 g/mol. The number of benzene rings is 2. The Morgan fingerprint density at radius 3 is 2.30 bits per heavy atom. The molecule has 3 aromatic rings. The maximum atomic E-state index is 12.9. The molecular weight excluding hydrogens is 334 g/mol. The van der Waals surface area contributed by atoms with Crippen LogP contribution in [0.3, 0.4) is 0 Å². The summed E-state index contributed by atoms with van der Waals surface area (Å²) < 4.78 is 1.84. The molecule has 2 fully saturated rings. The summed E-state index contributed by atoms with van der Waals surface area (Å²) in [5, 5.41) is 4.44. The van der Waals surface area contributed by atoms with Gasteiger partial charge in [-0.25, -0.2) is 4.68 Å². The summed E-state index contributed by atoms with van der Waals surface area (Å²) in [5.74, 6) is 0.773. The Hall–Kier alpha value is -2.88. The third-order valence-corrected chi connectivity index (χ3v) is 6.21. The van der Waals surface area contributed by atoms with Gasteiger partial charge in [0.15, 0.2) is 0 Å². The molecule has 1 amide bonds. The number of likely N-dealkylation sites (tertiary alicyclic amines) is 1. The van der Waals surface area contributed by atoms with Crippen LogP contribution < -0.4 is 0 Å². The fraction of sp³-hybridized carbons (Fsp3) is 0.304. The zero-order valence-electron chi connectivity index (χ0n) is 15.5. The molecule has 1 aliphatic heterocycles. The van der Waals surface area contributed by atoms with Crippen molar-refractivity contribution < 1.29 is 4.79 Å². The molecule has 2 aliphatic rings. The number of hydrogen-bond donors (Lipinski definition) is 0. The maximum Gasteiger partial charge on any atom is 0.257 e. The minimum absolute atomic E-state index is 0.114. The third-order valence-electron chi connectivity index (χ3n) is 6.21. The van der Waals surface area contributed by atoms with Crippen LogP contribution in [0.1, 0.15) is 40.4 Å². The molecule has 1 spiro atoms. The largest absolute Gasteiger partial charge is 0.337 e. The van der Waals surface area contributed by atoms with E-state index in [1.807, 2.05) is 46.8 Å². The molecule has 0 bridgehead atoms. The third kappa shape index (κ3) is 2.67. The molecule has 2 aromatic carbocycles. The molecular formula is C23H23N3O. The van der Waals surface area contributed by atoms with Gasteiger partial charge >= 0.3 is 0 Å². The fourth-order valence-electron chi connectivity index (χ4n) is 4.73. The lowest BCUT2D eigenvalue weighted by Gasteiger charge is -2.59. The van der Waals surface area contributed by atoms with Crippen LogP contribution in [0.25, 0.3) is 5.69 Å². The van der Waals surface area contributed by atoms with Crippen molar-refractivity contribution in [1.29, 1.82) is 0 Å². The summed E-state index contributed by atoms with van der Waals surface area (Å²) in [6, 6.07) is 20.7.